The molecule has 0 radical (unpaired) electrons. The summed E-state index contributed by atoms with van der Waals surface area (Å²) in [6.07, 6.45) is 1.49. The highest BCUT2D eigenvalue weighted by Gasteiger charge is 1.98. The molecule has 1 aromatic heterocycles. The lowest BCUT2D eigenvalue weighted by atomic mass is 10.2. The smallest absolute Gasteiger partial charge is 0.136 e. The quantitative estimate of drug-likeness (QED) is 0.568. The maximum atomic E-state index is 8.69. The number of halogens is 1. The first-order valence-electron chi connectivity index (χ1n) is 3.66. The fraction of sp³-hybridized carbons (Fsp3) is 0. The molecule has 0 saturated heterocycles. The van der Waals surface area contributed by atoms with Gasteiger partial charge in [-0.2, -0.15) is 0 Å². The summed E-state index contributed by atoms with van der Waals surface area (Å²) in [6.45, 7) is 0. The average molecular weight is 240 g/mol. The fourth-order valence-corrected chi connectivity index (χ4v) is 1.51. The van der Waals surface area contributed by atoms with Gasteiger partial charge >= 0.3 is 0 Å². The summed E-state index contributed by atoms with van der Waals surface area (Å²) >= 11 is 3.33. The van der Waals surface area contributed by atoms with Gasteiger partial charge in [-0.25, -0.2) is 0 Å². The van der Waals surface area contributed by atoms with Crippen molar-refractivity contribution in [1.29, 1.82) is 0 Å². The van der Waals surface area contributed by atoms with Crippen LogP contribution < -0.4 is 5.36 Å². The summed E-state index contributed by atoms with van der Waals surface area (Å²) in [5.41, 5.74) is 0.693. The van der Waals surface area contributed by atoms with E-state index >= 15 is 0 Å². The lowest BCUT2D eigenvalue weighted by Crippen LogP contribution is -2.00. The van der Waals surface area contributed by atoms with Crippen molar-refractivity contribution in [3.63, 3.8) is 0 Å². The van der Waals surface area contributed by atoms with Crippen molar-refractivity contribution in [3.05, 3.63) is 40.4 Å². The van der Waals surface area contributed by atoms with Gasteiger partial charge < -0.3 is 9.62 Å². The highest BCUT2D eigenvalue weighted by molar-refractivity contribution is 9.10. The number of hydrogen-bond donors (Lipinski definition) is 1. The summed E-state index contributed by atoms with van der Waals surface area (Å²) in [6, 6.07) is 7.13. The number of rotatable bonds is 0. The second-order valence-corrected chi connectivity index (χ2v) is 3.46. The van der Waals surface area contributed by atoms with Gasteiger partial charge in [0, 0.05) is 15.9 Å². The molecular weight excluding hydrogens is 234 g/mol. The Bertz CT molecular complexity index is 504. The molecule has 3 nitrogen and oxygen atoms in total. The lowest BCUT2D eigenvalue weighted by Gasteiger charge is -1.96. The van der Waals surface area contributed by atoms with Gasteiger partial charge in [-0.3, -0.25) is 0 Å². The minimum atomic E-state index is 0.502. The standard InChI is InChI=1S/C9H6BrNO2/c10-6-1-2-9-7(5-6)8(11-12)3-4-13-9/h1-5,12H. The van der Waals surface area contributed by atoms with Crippen LogP contribution >= 0.6 is 15.9 Å². The summed E-state index contributed by atoms with van der Waals surface area (Å²) in [5, 5.41) is 13.1. The molecule has 0 fully saturated rings. The molecule has 1 N–H and O–H groups in total. The third kappa shape index (κ3) is 1.45. The Morgan fingerprint density at radius 2 is 2.15 bits per heavy atom. The largest absolute Gasteiger partial charge is 0.464 e. The topological polar surface area (TPSA) is 45.7 Å². The monoisotopic (exact) mass is 239 g/mol. The molecule has 4 heteroatoms. The predicted molar refractivity (Wildman–Crippen MR) is 51.3 cm³/mol. The Morgan fingerprint density at radius 3 is 2.92 bits per heavy atom. The second kappa shape index (κ2) is 3.22. The van der Waals surface area contributed by atoms with Gasteiger partial charge in [0.2, 0.25) is 0 Å². The van der Waals surface area contributed by atoms with E-state index in [0.29, 0.717) is 10.9 Å². The van der Waals surface area contributed by atoms with Gasteiger partial charge in [0.1, 0.15) is 10.9 Å². The Balaban J connectivity index is 2.96. The first kappa shape index (κ1) is 8.31. The van der Waals surface area contributed by atoms with E-state index in [2.05, 4.69) is 21.1 Å². The van der Waals surface area contributed by atoms with Crippen LogP contribution in [0.4, 0.5) is 0 Å². The SMILES string of the molecule is ON=c1ccoc2ccc(Br)cc12. The van der Waals surface area contributed by atoms with E-state index in [1.54, 1.807) is 6.07 Å². The molecule has 1 heterocycles. The van der Waals surface area contributed by atoms with Crippen LogP contribution in [0.15, 0.2) is 44.6 Å². The van der Waals surface area contributed by atoms with Crippen LogP contribution in [-0.4, -0.2) is 5.21 Å². The van der Waals surface area contributed by atoms with E-state index in [0.717, 1.165) is 9.86 Å². The lowest BCUT2D eigenvalue weighted by molar-refractivity contribution is 0.302. The van der Waals surface area contributed by atoms with Crippen LogP contribution in [0.2, 0.25) is 0 Å². The van der Waals surface area contributed by atoms with Gasteiger partial charge in [0.15, 0.2) is 0 Å². The zero-order valence-corrected chi connectivity index (χ0v) is 8.15. The highest BCUT2D eigenvalue weighted by Crippen LogP contribution is 2.16. The molecule has 0 aliphatic carbocycles. The van der Waals surface area contributed by atoms with Crippen molar-refractivity contribution in [2.45, 2.75) is 0 Å². The summed E-state index contributed by atoms with van der Waals surface area (Å²) in [5.74, 6) is 0. The Hall–Kier alpha value is -1.29. The molecular formula is C9H6BrNO2. The zero-order valence-electron chi connectivity index (χ0n) is 6.57. The van der Waals surface area contributed by atoms with Gasteiger partial charge in [-0.1, -0.05) is 21.1 Å². The van der Waals surface area contributed by atoms with Crippen LogP contribution in [0.5, 0.6) is 0 Å². The third-order valence-electron chi connectivity index (χ3n) is 1.75. The summed E-state index contributed by atoms with van der Waals surface area (Å²) in [7, 11) is 0. The molecule has 0 bridgehead atoms. The van der Waals surface area contributed by atoms with E-state index in [-0.39, 0.29) is 0 Å². The van der Waals surface area contributed by atoms with Gasteiger partial charge in [-0.15, -0.1) is 0 Å². The molecule has 0 spiro atoms. The molecule has 66 valence electrons. The van der Waals surface area contributed by atoms with Crippen LogP contribution in [-0.2, 0) is 0 Å². The molecule has 0 atom stereocenters. The van der Waals surface area contributed by atoms with E-state index < -0.39 is 0 Å². The molecule has 0 aliphatic heterocycles. The molecule has 1 aromatic carbocycles. The van der Waals surface area contributed by atoms with Crippen molar-refractivity contribution >= 4 is 26.9 Å². The number of fused-ring (bicyclic) bond motifs is 1. The number of hydrogen-bond acceptors (Lipinski definition) is 3. The van der Waals surface area contributed by atoms with Crippen LogP contribution in [0, 0.1) is 0 Å². The van der Waals surface area contributed by atoms with Crippen molar-refractivity contribution in [2.24, 2.45) is 5.16 Å². The van der Waals surface area contributed by atoms with E-state index in [1.807, 2.05) is 18.2 Å². The molecule has 0 unspecified atom stereocenters. The van der Waals surface area contributed by atoms with Crippen LogP contribution in [0.25, 0.3) is 11.0 Å². The molecule has 2 rings (SSSR count). The Labute approximate surface area is 82.4 Å². The van der Waals surface area contributed by atoms with Gasteiger partial charge in [-0.05, 0) is 18.2 Å². The summed E-state index contributed by atoms with van der Waals surface area (Å²) < 4.78 is 6.14. The van der Waals surface area contributed by atoms with Gasteiger partial charge in [0.05, 0.1) is 6.26 Å². The number of benzene rings is 1. The van der Waals surface area contributed by atoms with Gasteiger partial charge in [0.25, 0.3) is 0 Å². The minimum absolute atomic E-state index is 0.502. The highest BCUT2D eigenvalue weighted by atomic mass is 79.9. The van der Waals surface area contributed by atoms with Crippen molar-refractivity contribution in [1.82, 2.24) is 0 Å². The first-order chi connectivity index (χ1) is 6.31. The van der Waals surface area contributed by atoms with Crippen molar-refractivity contribution < 1.29 is 9.62 Å². The van der Waals surface area contributed by atoms with Crippen molar-refractivity contribution in [2.75, 3.05) is 0 Å². The van der Waals surface area contributed by atoms with Crippen LogP contribution in [0.1, 0.15) is 0 Å². The fourth-order valence-electron chi connectivity index (χ4n) is 1.15. The third-order valence-corrected chi connectivity index (χ3v) is 2.24. The van der Waals surface area contributed by atoms with E-state index in [1.165, 1.54) is 6.26 Å². The van der Waals surface area contributed by atoms with Crippen molar-refractivity contribution in [3.8, 4) is 0 Å². The molecule has 2 aromatic rings. The van der Waals surface area contributed by atoms with Crippen LogP contribution in [0.3, 0.4) is 0 Å². The predicted octanol–water partition coefficient (Wildman–Crippen LogP) is 2.49. The number of nitrogens with zero attached hydrogens (tertiary/aromatic N) is 1. The Morgan fingerprint density at radius 1 is 1.31 bits per heavy atom. The van der Waals surface area contributed by atoms with E-state index in [9.17, 15) is 0 Å². The molecule has 0 saturated carbocycles. The zero-order chi connectivity index (χ0) is 9.26. The normalized spacial score (nSPS) is 12.2. The molecule has 0 amide bonds. The average Bonchev–Trinajstić information content (AvgIpc) is 2.17. The Kier molecular flexibility index (Phi) is 2.06. The molecule has 0 aliphatic rings. The summed E-state index contributed by atoms with van der Waals surface area (Å²) in [4.78, 5) is 0. The molecule has 13 heavy (non-hydrogen) atoms. The first-order valence-corrected chi connectivity index (χ1v) is 4.46. The maximum Gasteiger partial charge on any atom is 0.136 e. The second-order valence-electron chi connectivity index (χ2n) is 2.55. The van der Waals surface area contributed by atoms with E-state index in [4.69, 9.17) is 9.62 Å². The maximum absolute atomic E-state index is 8.69. The minimum Gasteiger partial charge on any atom is -0.464 e.